The van der Waals surface area contributed by atoms with E-state index in [4.69, 9.17) is 11.6 Å². The maximum atomic E-state index is 11.8. The molecule has 1 heterocycles. The number of benzene rings is 1. The Morgan fingerprint density at radius 2 is 1.94 bits per heavy atom. The molecular weight excluding hydrogens is 254 g/mol. The summed E-state index contributed by atoms with van der Waals surface area (Å²) in [6, 6.07) is 7.23. The molecule has 0 bridgehead atoms. The Hall–Kier alpha value is -0.670. The molecule has 0 saturated carbocycles. The van der Waals surface area contributed by atoms with Crippen molar-refractivity contribution < 1.29 is 4.79 Å². The molecule has 0 aliphatic carbocycles. The van der Waals surface area contributed by atoms with Crippen LogP contribution in [0, 0.1) is 5.92 Å². The summed E-state index contributed by atoms with van der Waals surface area (Å²) in [5.74, 6) is 3.06. The molecule has 0 unspecified atom stereocenters. The molecule has 92 valence electrons. The first-order chi connectivity index (χ1) is 8.24. The van der Waals surface area contributed by atoms with Gasteiger partial charge in [-0.25, -0.2) is 0 Å². The Morgan fingerprint density at radius 3 is 2.59 bits per heavy atom. The summed E-state index contributed by atoms with van der Waals surface area (Å²) in [5, 5.41) is 3.60. The van der Waals surface area contributed by atoms with E-state index in [0.717, 1.165) is 5.69 Å². The van der Waals surface area contributed by atoms with Crippen molar-refractivity contribution in [3.63, 3.8) is 0 Å². The van der Waals surface area contributed by atoms with Crippen LogP contribution in [0.5, 0.6) is 0 Å². The molecule has 0 atom stereocenters. The van der Waals surface area contributed by atoms with Crippen LogP contribution >= 0.6 is 23.4 Å². The van der Waals surface area contributed by atoms with Crippen LogP contribution in [-0.4, -0.2) is 17.4 Å². The first-order valence-electron chi connectivity index (χ1n) is 5.87. The van der Waals surface area contributed by atoms with Crippen molar-refractivity contribution in [1.82, 2.24) is 0 Å². The summed E-state index contributed by atoms with van der Waals surface area (Å²) in [6.45, 7) is 0. The van der Waals surface area contributed by atoms with Gasteiger partial charge in [0, 0.05) is 17.1 Å². The van der Waals surface area contributed by atoms with E-state index in [-0.39, 0.29) is 5.91 Å². The third-order valence-corrected chi connectivity index (χ3v) is 4.24. The van der Waals surface area contributed by atoms with Crippen molar-refractivity contribution in [3.05, 3.63) is 29.3 Å². The number of nitrogens with one attached hydrogen (secondary N) is 1. The fourth-order valence-corrected chi connectivity index (χ4v) is 3.29. The summed E-state index contributed by atoms with van der Waals surface area (Å²) >= 11 is 7.77. The average molecular weight is 270 g/mol. The summed E-state index contributed by atoms with van der Waals surface area (Å²) in [4.78, 5) is 11.8. The second kappa shape index (κ2) is 6.31. The molecule has 4 heteroatoms. The zero-order valence-electron chi connectivity index (χ0n) is 9.62. The van der Waals surface area contributed by atoms with Gasteiger partial charge in [0.25, 0.3) is 0 Å². The Morgan fingerprint density at radius 1 is 1.29 bits per heavy atom. The lowest BCUT2D eigenvalue weighted by Crippen LogP contribution is -2.19. The highest BCUT2D eigenvalue weighted by atomic mass is 35.5. The normalized spacial score (nSPS) is 16.8. The molecule has 2 nitrogen and oxygen atoms in total. The molecule has 2 rings (SSSR count). The largest absolute Gasteiger partial charge is 0.326 e. The fraction of sp³-hybridized carbons (Fsp3) is 0.462. The van der Waals surface area contributed by atoms with Gasteiger partial charge in [0.05, 0.1) is 0 Å². The highest BCUT2D eigenvalue weighted by Gasteiger charge is 2.17. The molecule has 0 aromatic heterocycles. The lowest BCUT2D eigenvalue weighted by molar-refractivity contribution is -0.117. The number of hydrogen-bond donors (Lipinski definition) is 1. The minimum Gasteiger partial charge on any atom is -0.326 e. The van der Waals surface area contributed by atoms with Crippen molar-refractivity contribution >= 4 is 35.0 Å². The monoisotopic (exact) mass is 269 g/mol. The van der Waals surface area contributed by atoms with Gasteiger partial charge in [0.2, 0.25) is 5.91 Å². The Bertz CT molecular complexity index is 374. The minimum atomic E-state index is 0.115. The third-order valence-electron chi connectivity index (χ3n) is 2.94. The summed E-state index contributed by atoms with van der Waals surface area (Å²) < 4.78 is 0. The number of carbonyl (C=O) groups excluding carboxylic acids is 1. The van der Waals surface area contributed by atoms with Crippen LogP contribution < -0.4 is 5.32 Å². The van der Waals surface area contributed by atoms with E-state index in [9.17, 15) is 4.79 Å². The lowest BCUT2D eigenvalue weighted by Gasteiger charge is -2.20. The van der Waals surface area contributed by atoms with E-state index in [2.05, 4.69) is 5.32 Å². The third kappa shape index (κ3) is 4.25. The van der Waals surface area contributed by atoms with Crippen molar-refractivity contribution in [2.75, 3.05) is 16.8 Å². The average Bonchev–Trinajstić information content (AvgIpc) is 2.33. The number of rotatable bonds is 3. The van der Waals surface area contributed by atoms with Crippen LogP contribution in [0.4, 0.5) is 5.69 Å². The van der Waals surface area contributed by atoms with Crippen molar-refractivity contribution in [2.24, 2.45) is 5.92 Å². The van der Waals surface area contributed by atoms with E-state index in [1.54, 1.807) is 12.1 Å². The molecule has 1 N–H and O–H groups in total. The predicted molar refractivity (Wildman–Crippen MR) is 74.7 cm³/mol. The van der Waals surface area contributed by atoms with Gasteiger partial charge < -0.3 is 5.32 Å². The van der Waals surface area contributed by atoms with Crippen LogP contribution in [0.15, 0.2) is 24.3 Å². The highest BCUT2D eigenvalue weighted by molar-refractivity contribution is 7.99. The van der Waals surface area contributed by atoms with Gasteiger partial charge in [-0.2, -0.15) is 11.8 Å². The first-order valence-corrected chi connectivity index (χ1v) is 7.40. The molecule has 1 aromatic carbocycles. The molecule has 1 fully saturated rings. The number of hydrogen-bond acceptors (Lipinski definition) is 2. The topological polar surface area (TPSA) is 29.1 Å². The van der Waals surface area contributed by atoms with Crippen LogP contribution in [0.3, 0.4) is 0 Å². The molecule has 0 radical (unpaired) electrons. The van der Waals surface area contributed by atoms with Gasteiger partial charge in [0.1, 0.15) is 0 Å². The van der Waals surface area contributed by atoms with Gasteiger partial charge in [-0.15, -0.1) is 0 Å². The zero-order valence-corrected chi connectivity index (χ0v) is 11.2. The summed E-state index contributed by atoms with van der Waals surface area (Å²) in [7, 11) is 0. The maximum Gasteiger partial charge on any atom is 0.224 e. The van der Waals surface area contributed by atoms with E-state index in [1.165, 1.54) is 24.3 Å². The molecule has 1 saturated heterocycles. The molecule has 1 amide bonds. The molecule has 17 heavy (non-hydrogen) atoms. The number of carbonyl (C=O) groups is 1. The number of anilines is 1. The highest BCUT2D eigenvalue weighted by Crippen LogP contribution is 2.25. The predicted octanol–water partition coefficient (Wildman–Crippen LogP) is 3.81. The second-order valence-electron chi connectivity index (χ2n) is 4.31. The molecule has 1 aliphatic heterocycles. The smallest absolute Gasteiger partial charge is 0.224 e. The number of halogens is 1. The fourth-order valence-electron chi connectivity index (χ4n) is 1.96. The standard InChI is InChI=1S/C13H16ClNOS/c14-11-1-3-12(4-2-11)15-13(16)9-10-5-7-17-8-6-10/h1-4,10H,5-9H2,(H,15,16). The Balaban J connectivity index is 1.82. The number of thioether (sulfide) groups is 1. The van der Waals surface area contributed by atoms with Crippen molar-refractivity contribution in [1.29, 1.82) is 0 Å². The molecular formula is C13H16ClNOS. The molecule has 0 spiro atoms. The van der Waals surface area contributed by atoms with E-state index < -0.39 is 0 Å². The Labute approximate surface area is 111 Å². The van der Waals surface area contributed by atoms with Crippen LogP contribution in [0.25, 0.3) is 0 Å². The van der Waals surface area contributed by atoms with Gasteiger partial charge in [-0.3, -0.25) is 4.79 Å². The molecule has 1 aliphatic rings. The summed E-state index contributed by atoms with van der Waals surface area (Å²) in [5.41, 5.74) is 0.824. The van der Waals surface area contributed by atoms with Gasteiger partial charge in [-0.05, 0) is 54.5 Å². The lowest BCUT2D eigenvalue weighted by atomic mass is 9.98. The minimum absolute atomic E-state index is 0.115. The van der Waals surface area contributed by atoms with Crippen LogP contribution in [-0.2, 0) is 4.79 Å². The zero-order chi connectivity index (χ0) is 12.1. The Kier molecular flexibility index (Phi) is 4.75. The SMILES string of the molecule is O=C(CC1CCSCC1)Nc1ccc(Cl)cc1. The first kappa shape index (κ1) is 12.8. The van der Waals surface area contributed by atoms with Crippen molar-refractivity contribution in [2.45, 2.75) is 19.3 Å². The second-order valence-corrected chi connectivity index (χ2v) is 5.98. The van der Waals surface area contributed by atoms with E-state index >= 15 is 0 Å². The van der Waals surface area contributed by atoms with E-state index in [1.807, 2.05) is 23.9 Å². The van der Waals surface area contributed by atoms with Crippen LogP contribution in [0.1, 0.15) is 19.3 Å². The molecule has 1 aromatic rings. The summed E-state index contributed by atoms with van der Waals surface area (Å²) in [6.07, 6.45) is 2.97. The van der Waals surface area contributed by atoms with Gasteiger partial charge in [0.15, 0.2) is 0 Å². The quantitative estimate of drug-likeness (QED) is 0.904. The van der Waals surface area contributed by atoms with Crippen LogP contribution in [0.2, 0.25) is 5.02 Å². The van der Waals surface area contributed by atoms with E-state index in [0.29, 0.717) is 17.4 Å². The number of amides is 1. The van der Waals surface area contributed by atoms with Gasteiger partial charge >= 0.3 is 0 Å². The maximum absolute atomic E-state index is 11.8. The van der Waals surface area contributed by atoms with Crippen molar-refractivity contribution in [3.8, 4) is 0 Å². The van der Waals surface area contributed by atoms with Gasteiger partial charge in [-0.1, -0.05) is 11.6 Å².